The Hall–Kier alpha value is -2.64. The summed E-state index contributed by atoms with van der Waals surface area (Å²) in [6, 6.07) is 15.5. The lowest BCUT2D eigenvalue weighted by atomic mass is 10.1. The molecule has 3 aromatic rings. The predicted octanol–water partition coefficient (Wildman–Crippen LogP) is 3.33. The van der Waals surface area contributed by atoms with E-state index < -0.39 is 0 Å². The average molecular weight is 438 g/mol. The average Bonchev–Trinajstić information content (AvgIpc) is 3.29. The number of thioether (sulfide) groups is 1. The van der Waals surface area contributed by atoms with E-state index in [1.165, 1.54) is 22.9 Å². The minimum atomic E-state index is -0.0800. The molecule has 7 heteroatoms. The molecule has 6 nitrogen and oxygen atoms in total. The van der Waals surface area contributed by atoms with Crippen LogP contribution in [0.3, 0.4) is 0 Å². The van der Waals surface area contributed by atoms with Crippen LogP contribution in [-0.2, 0) is 22.5 Å². The maximum Gasteiger partial charge on any atom is 0.262 e. The monoisotopic (exact) mass is 437 g/mol. The molecule has 1 aromatic heterocycles. The normalized spacial score (nSPS) is 16.0. The number of ether oxygens (including phenoxy) is 1. The number of carbonyl (C=O) groups is 1. The molecule has 0 aliphatic carbocycles. The summed E-state index contributed by atoms with van der Waals surface area (Å²) >= 11 is 1.30. The van der Waals surface area contributed by atoms with Gasteiger partial charge in [-0.1, -0.05) is 48.2 Å². The zero-order chi connectivity index (χ0) is 21.6. The molecule has 1 aliphatic rings. The van der Waals surface area contributed by atoms with Crippen molar-refractivity contribution in [2.75, 3.05) is 18.9 Å². The molecule has 0 spiro atoms. The van der Waals surface area contributed by atoms with E-state index in [-0.39, 0.29) is 23.3 Å². The smallest absolute Gasteiger partial charge is 0.262 e. The molecule has 1 aliphatic heterocycles. The molecule has 0 radical (unpaired) electrons. The molecular weight excluding hydrogens is 410 g/mol. The summed E-state index contributed by atoms with van der Waals surface area (Å²) in [4.78, 5) is 30.2. The van der Waals surface area contributed by atoms with Gasteiger partial charge in [-0.05, 0) is 49.4 Å². The van der Waals surface area contributed by atoms with Crippen LogP contribution < -0.4 is 10.9 Å². The molecule has 31 heavy (non-hydrogen) atoms. The lowest BCUT2D eigenvalue weighted by molar-refractivity contribution is -0.118. The minimum absolute atomic E-state index is 0.0166. The van der Waals surface area contributed by atoms with Gasteiger partial charge < -0.3 is 10.1 Å². The van der Waals surface area contributed by atoms with Gasteiger partial charge in [-0.3, -0.25) is 14.2 Å². The first-order valence-electron chi connectivity index (χ1n) is 10.7. The molecule has 2 aromatic carbocycles. The quantitative estimate of drug-likeness (QED) is 0.432. The van der Waals surface area contributed by atoms with Crippen molar-refractivity contribution in [3.63, 3.8) is 0 Å². The fourth-order valence-electron chi connectivity index (χ4n) is 3.82. The molecule has 1 N–H and O–H groups in total. The van der Waals surface area contributed by atoms with Crippen LogP contribution in [0.2, 0.25) is 0 Å². The Labute approximate surface area is 186 Å². The summed E-state index contributed by atoms with van der Waals surface area (Å²) in [7, 11) is 0. The Morgan fingerprint density at radius 2 is 2.03 bits per heavy atom. The SMILES string of the molecule is Cc1ccccc1CCNC(=O)CSc1nc2ccccc2c(=O)n1CC1CCCO1. The van der Waals surface area contributed by atoms with Crippen LogP contribution in [0.4, 0.5) is 0 Å². The number of carbonyl (C=O) groups excluding carboxylic acids is 1. The van der Waals surface area contributed by atoms with Gasteiger partial charge in [0.05, 0.1) is 29.3 Å². The van der Waals surface area contributed by atoms with Crippen LogP contribution in [0.1, 0.15) is 24.0 Å². The summed E-state index contributed by atoms with van der Waals surface area (Å²) in [5.74, 6) is 0.147. The molecule has 0 bridgehead atoms. The molecule has 1 unspecified atom stereocenters. The van der Waals surface area contributed by atoms with Crippen LogP contribution in [0.25, 0.3) is 10.9 Å². The van der Waals surface area contributed by atoms with E-state index in [0.717, 1.165) is 25.9 Å². The van der Waals surface area contributed by atoms with Gasteiger partial charge in [0.1, 0.15) is 0 Å². The van der Waals surface area contributed by atoms with Crippen LogP contribution in [0.5, 0.6) is 0 Å². The number of rotatable bonds is 8. The molecule has 1 saturated heterocycles. The van der Waals surface area contributed by atoms with Gasteiger partial charge in [-0.25, -0.2) is 4.98 Å². The second-order valence-electron chi connectivity index (χ2n) is 7.78. The van der Waals surface area contributed by atoms with E-state index in [9.17, 15) is 9.59 Å². The number of nitrogens with zero attached hydrogens (tertiary/aromatic N) is 2. The fraction of sp³-hybridized carbons (Fsp3) is 0.375. The first kappa shape index (κ1) is 21.6. The second kappa shape index (κ2) is 10.1. The Morgan fingerprint density at radius 3 is 2.84 bits per heavy atom. The highest BCUT2D eigenvalue weighted by Crippen LogP contribution is 2.21. The van der Waals surface area contributed by atoms with Gasteiger partial charge >= 0.3 is 0 Å². The van der Waals surface area contributed by atoms with Gasteiger partial charge in [0.2, 0.25) is 5.91 Å². The van der Waals surface area contributed by atoms with Crippen molar-refractivity contribution in [1.82, 2.24) is 14.9 Å². The van der Waals surface area contributed by atoms with E-state index in [0.29, 0.717) is 29.1 Å². The summed E-state index contributed by atoms with van der Waals surface area (Å²) in [5, 5.41) is 4.13. The maximum absolute atomic E-state index is 13.1. The maximum atomic E-state index is 13.1. The Balaban J connectivity index is 1.43. The zero-order valence-corrected chi connectivity index (χ0v) is 18.5. The van der Waals surface area contributed by atoms with E-state index in [1.54, 1.807) is 10.6 Å². The third kappa shape index (κ3) is 5.35. The largest absolute Gasteiger partial charge is 0.376 e. The lowest BCUT2D eigenvalue weighted by Crippen LogP contribution is -2.30. The third-order valence-electron chi connectivity index (χ3n) is 5.55. The van der Waals surface area contributed by atoms with Crippen molar-refractivity contribution in [3.8, 4) is 0 Å². The van der Waals surface area contributed by atoms with E-state index in [1.807, 2.05) is 30.3 Å². The number of benzene rings is 2. The molecule has 4 rings (SSSR count). The standard InChI is InChI=1S/C24H27N3O3S/c1-17-7-2-3-8-18(17)12-13-25-22(28)16-31-24-26-21-11-5-4-10-20(21)23(29)27(24)15-19-9-6-14-30-19/h2-5,7-8,10-11,19H,6,9,12-16H2,1H3,(H,25,28). The first-order chi connectivity index (χ1) is 15.1. The summed E-state index contributed by atoms with van der Waals surface area (Å²) in [6.45, 7) is 3.85. The van der Waals surface area contributed by atoms with E-state index >= 15 is 0 Å². The van der Waals surface area contributed by atoms with Gasteiger partial charge in [0.25, 0.3) is 5.56 Å². The number of para-hydroxylation sites is 1. The summed E-state index contributed by atoms with van der Waals surface area (Å²) in [6.07, 6.45) is 2.75. The van der Waals surface area contributed by atoms with Crippen molar-refractivity contribution in [1.29, 1.82) is 0 Å². The van der Waals surface area contributed by atoms with E-state index in [2.05, 4.69) is 29.4 Å². The van der Waals surface area contributed by atoms with Crippen molar-refractivity contribution in [3.05, 3.63) is 70.0 Å². The van der Waals surface area contributed by atoms with Gasteiger partial charge in [-0.15, -0.1) is 0 Å². The molecule has 1 amide bonds. The van der Waals surface area contributed by atoms with Gasteiger partial charge in [-0.2, -0.15) is 0 Å². The van der Waals surface area contributed by atoms with Crippen molar-refractivity contribution in [2.24, 2.45) is 0 Å². The molecular formula is C24H27N3O3S. The number of nitrogens with one attached hydrogen (secondary N) is 1. The van der Waals surface area contributed by atoms with Crippen molar-refractivity contribution >= 4 is 28.6 Å². The highest BCUT2D eigenvalue weighted by Gasteiger charge is 2.20. The Morgan fingerprint density at radius 1 is 1.23 bits per heavy atom. The minimum Gasteiger partial charge on any atom is -0.376 e. The summed E-state index contributed by atoms with van der Waals surface area (Å²) < 4.78 is 7.40. The Bertz CT molecular complexity index is 1120. The van der Waals surface area contributed by atoms with Crippen LogP contribution in [-0.4, -0.2) is 40.5 Å². The van der Waals surface area contributed by atoms with Gasteiger partial charge in [0, 0.05) is 13.2 Å². The number of hydrogen-bond donors (Lipinski definition) is 1. The second-order valence-corrected chi connectivity index (χ2v) is 8.72. The molecule has 2 heterocycles. The fourth-order valence-corrected chi connectivity index (χ4v) is 4.66. The summed E-state index contributed by atoms with van der Waals surface area (Å²) in [5.41, 5.74) is 3.03. The van der Waals surface area contributed by atoms with Crippen LogP contribution >= 0.6 is 11.8 Å². The van der Waals surface area contributed by atoms with Gasteiger partial charge in [0.15, 0.2) is 5.16 Å². The zero-order valence-electron chi connectivity index (χ0n) is 17.7. The van der Waals surface area contributed by atoms with Crippen molar-refractivity contribution < 1.29 is 9.53 Å². The van der Waals surface area contributed by atoms with Crippen molar-refractivity contribution in [2.45, 2.75) is 44.0 Å². The predicted molar refractivity (Wildman–Crippen MR) is 124 cm³/mol. The lowest BCUT2D eigenvalue weighted by Gasteiger charge is -2.16. The Kier molecular flexibility index (Phi) is 7.04. The third-order valence-corrected chi connectivity index (χ3v) is 6.52. The molecule has 1 fully saturated rings. The number of fused-ring (bicyclic) bond motifs is 1. The molecule has 0 saturated carbocycles. The highest BCUT2D eigenvalue weighted by atomic mass is 32.2. The highest BCUT2D eigenvalue weighted by molar-refractivity contribution is 7.99. The van der Waals surface area contributed by atoms with Crippen LogP contribution in [0.15, 0.2) is 58.5 Å². The number of hydrogen-bond acceptors (Lipinski definition) is 5. The first-order valence-corrected chi connectivity index (χ1v) is 11.7. The number of amides is 1. The molecule has 1 atom stereocenters. The van der Waals surface area contributed by atoms with E-state index in [4.69, 9.17) is 4.74 Å². The number of aryl methyl sites for hydroxylation is 1. The number of aromatic nitrogens is 2. The molecule has 162 valence electrons. The topological polar surface area (TPSA) is 73.2 Å². The van der Waals surface area contributed by atoms with Crippen LogP contribution in [0, 0.1) is 6.92 Å².